The predicted molar refractivity (Wildman–Crippen MR) is 88.7 cm³/mol. The molecule has 0 aromatic heterocycles. The molecule has 0 fully saturated rings. The van der Waals surface area contributed by atoms with Gasteiger partial charge in [-0.15, -0.1) is 11.6 Å². The Morgan fingerprint density at radius 2 is 2.05 bits per heavy atom. The van der Waals surface area contributed by atoms with E-state index in [1.54, 1.807) is 24.3 Å². The third kappa shape index (κ3) is 3.91. The lowest BCUT2D eigenvalue weighted by Gasteiger charge is -2.19. The van der Waals surface area contributed by atoms with Crippen LogP contribution in [0.15, 0.2) is 29.4 Å². The molecule has 22 heavy (non-hydrogen) atoms. The maximum absolute atomic E-state index is 11.8. The summed E-state index contributed by atoms with van der Waals surface area (Å²) in [7, 11) is 0. The van der Waals surface area contributed by atoms with E-state index < -0.39 is 10.2 Å². The Hall–Kier alpha value is -1.30. The second-order valence-corrected chi connectivity index (χ2v) is 6.76. The number of hydrogen-bond acceptors (Lipinski definition) is 3. The largest absolute Gasteiger partial charge is 0.323 e. The molecule has 0 bridgehead atoms. The second kappa shape index (κ2) is 6.86. The van der Waals surface area contributed by atoms with Gasteiger partial charge in [0.15, 0.2) is 0 Å². The molecule has 0 spiro atoms. The first-order valence-corrected chi connectivity index (χ1v) is 7.84. The van der Waals surface area contributed by atoms with Gasteiger partial charge in [-0.25, -0.2) is 5.43 Å². The molecule has 1 aromatic rings. The highest BCUT2D eigenvalue weighted by Crippen LogP contribution is 2.25. The molecule has 1 heterocycles. The second-order valence-electron chi connectivity index (χ2n) is 5.01. The zero-order valence-electron chi connectivity index (χ0n) is 11.7. The fourth-order valence-corrected chi connectivity index (χ4v) is 2.23. The molecular weight excluding hydrogens is 349 g/mol. The van der Waals surface area contributed by atoms with Crippen LogP contribution in [0, 0.1) is 5.92 Å². The standard InChI is InChI=1S/C14H14Cl3N3O2/c1-8-6-11(21)19-20-12(8)9-2-4-10(5-3-9)18-13(22)14(16,17)7-15/h2-5,8H,6-7H2,1H3,(H,18,22)(H,19,21). The van der Waals surface area contributed by atoms with E-state index in [0.29, 0.717) is 12.1 Å². The zero-order chi connectivity index (χ0) is 16.3. The number of amides is 2. The van der Waals surface area contributed by atoms with E-state index in [9.17, 15) is 9.59 Å². The molecule has 2 amide bonds. The van der Waals surface area contributed by atoms with Gasteiger partial charge in [-0.2, -0.15) is 5.10 Å². The van der Waals surface area contributed by atoms with Crippen LogP contribution in [0.3, 0.4) is 0 Å². The summed E-state index contributed by atoms with van der Waals surface area (Å²) in [5.74, 6) is -0.867. The summed E-state index contributed by atoms with van der Waals surface area (Å²) in [6.07, 6.45) is 0.397. The van der Waals surface area contributed by atoms with Crippen LogP contribution in [0.2, 0.25) is 0 Å². The number of carbonyl (C=O) groups excluding carboxylic acids is 2. The predicted octanol–water partition coefficient (Wildman–Crippen LogP) is 2.90. The van der Waals surface area contributed by atoms with Crippen molar-refractivity contribution in [2.75, 3.05) is 11.2 Å². The van der Waals surface area contributed by atoms with E-state index in [-0.39, 0.29) is 17.7 Å². The maximum atomic E-state index is 11.8. The Balaban J connectivity index is 2.11. The van der Waals surface area contributed by atoms with E-state index in [2.05, 4.69) is 15.8 Å². The molecule has 2 N–H and O–H groups in total. The van der Waals surface area contributed by atoms with Gasteiger partial charge >= 0.3 is 0 Å². The average Bonchev–Trinajstić information content (AvgIpc) is 2.48. The number of carbonyl (C=O) groups is 2. The molecule has 8 heteroatoms. The first-order valence-electron chi connectivity index (χ1n) is 6.55. The lowest BCUT2D eigenvalue weighted by atomic mass is 9.94. The van der Waals surface area contributed by atoms with Gasteiger partial charge in [0, 0.05) is 18.0 Å². The summed E-state index contributed by atoms with van der Waals surface area (Å²) in [6, 6.07) is 7.01. The number of benzene rings is 1. The van der Waals surface area contributed by atoms with Crippen LogP contribution in [0.4, 0.5) is 5.69 Å². The van der Waals surface area contributed by atoms with Gasteiger partial charge in [0.1, 0.15) is 0 Å². The van der Waals surface area contributed by atoms with E-state index in [4.69, 9.17) is 34.8 Å². The van der Waals surface area contributed by atoms with Crippen LogP contribution in [0.5, 0.6) is 0 Å². The van der Waals surface area contributed by atoms with Gasteiger partial charge in [0.25, 0.3) is 5.91 Å². The average molecular weight is 363 g/mol. The lowest BCUT2D eigenvalue weighted by Crippen LogP contribution is -2.34. The number of hydrogen-bond donors (Lipinski definition) is 2. The Labute approximate surface area is 143 Å². The molecule has 1 atom stereocenters. The number of hydrazone groups is 1. The Morgan fingerprint density at radius 1 is 1.41 bits per heavy atom. The zero-order valence-corrected chi connectivity index (χ0v) is 14.0. The smallest absolute Gasteiger partial charge is 0.262 e. The summed E-state index contributed by atoms with van der Waals surface area (Å²) in [6.45, 7) is 1.93. The number of rotatable bonds is 4. The monoisotopic (exact) mass is 361 g/mol. The molecule has 0 saturated heterocycles. The van der Waals surface area contributed by atoms with Crippen LogP contribution < -0.4 is 10.7 Å². The SMILES string of the molecule is CC1CC(=O)NN=C1c1ccc(NC(=O)C(Cl)(Cl)CCl)cc1. The Bertz CT molecular complexity index is 614. The molecule has 0 radical (unpaired) electrons. The number of alkyl halides is 3. The van der Waals surface area contributed by atoms with Crippen molar-refractivity contribution in [2.24, 2.45) is 11.0 Å². The molecule has 118 valence electrons. The van der Waals surface area contributed by atoms with Gasteiger partial charge in [-0.1, -0.05) is 42.3 Å². The molecule has 5 nitrogen and oxygen atoms in total. The van der Waals surface area contributed by atoms with E-state index in [1.165, 1.54) is 0 Å². The minimum atomic E-state index is -1.67. The van der Waals surface area contributed by atoms with Crippen molar-refractivity contribution < 1.29 is 9.59 Å². The first kappa shape index (κ1) is 17.1. The minimum Gasteiger partial charge on any atom is -0.323 e. The third-order valence-electron chi connectivity index (χ3n) is 3.20. The number of anilines is 1. The number of nitrogens with zero attached hydrogens (tertiary/aromatic N) is 1. The van der Waals surface area contributed by atoms with Gasteiger partial charge in [0.2, 0.25) is 10.2 Å². The van der Waals surface area contributed by atoms with Crippen molar-refractivity contribution in [3.05, 3.63) is 29.8 Å². The van der Waals surface area contributed by atoms with Crippen LogP contribution >= 0.6 is 34.8 Å². The molecule has 1 aliphatic heterocycles. The van der Waals surface area contributed by atoms with Crippen LogP contribution in [-0.2, 0) is 9.59 Å². The first-order chi connectivity index (χ1) is 10.3. The van der Waals surface area contributed by atoms with E-state index in [1.807, 2.05) is 6.92 Å². The summed E-state index contributed by atoms with van der Waals surface area (Å²) in [5.41, 5.74) is 4.66. The molecule has 1 aliphatic rings. The molecule has 1 aromatic carbocycles. The molecule has 1 unspecified atom stereocenters. The summed E-state index contributed by atoms with van der Waals surface area (Å²) < 4.78 is -1.67. The van der Waals surface area contributed by atoms with Crippen molar-refractivity contribution in [3.8, 4) is 0 Å². The molecule has 0 aliphatic carbocycles. The van der Waals surface area contributed by atoms with Gasteiger partial charge in [0.05, 0.1) is 11.6 Å². The molecular formula is C14H14Cl3N3O2. The normalized spacial score (nSPS) is 18.5. The summed E-state index contributed by atoms with van der Waals surface area (Å²) in [4.78, 5) is 23.1. The highest BCUT2D eigenvalue weighted by Gasteiger charge is 2.32. The Kier molecular flexibility index (Phi) is 5.32. The number of nitrogens with one attached hydrogen (secondary N) is 2. The highest BCUT2D eigenvalue weighted by molar-refractivity contribution is 6.61. The van der Waals surface area contributed by atoms with Crippen molar-refractivity contribution in [1.82, 2.24) is 5.43 Å². The summed E-state index contributed by atoms with van der Waals surface area (Å²) >= 11 is 17.1. The van der Waals surface area contributed by atoms with Gasteiger partial charge in [-0.05, 0) is 17.7 Å². The quantitative estimate of drug-likeness (QED) is 0.809. The number of halogens is 3. The van der Waals surface area contributed by atoms with Crippen LogP contribution in [-0.4, -0.2) is 27.7 Å². The summed E-state index contributed by atoms with van der Waals surface area (Å²) in [5, 5.41) is 6.66. The fraction of sp³-hybridized carbons (Fsp3) is 0.357. The molecule has 0 saturated carbocycles. The van der Waals surface area contributed by atoms with Crippen LogP contribution in [0.25, 0.3) is 0 Å². The van der Waals surface area contributed by atoms with Gasteiger partial charge < -0.3 is 5.32 Å². The fourth-order valence-electron chi connectivity index (χ4n) is 2.01. The topological polar surface area (TPSA) is 70.6 Å². The minimum absolute atomic E-state index is 0.0313. The third-order valence-corrected chi connectivity index (χ3v) is 4.48. The van der Waals surface area contributed by atoms with Gasteiger partial charge in [-0.3, -0.25) is 9.59 Å². The van der Waals surface area contributed by atoms with Crippen molar-refractivity contribution in [1.29, 1.82) is 0 Å². The maximum Gasteiger partial charge on any atom is 0.262 e. The van der Waals surface area contributed by atoms with Crippen molar-refractivity contribution >= 4 is 58.0 Å². The van der Waals surface area contributed by atoms with Crippen LogP contribution in [0.1, 0.15) is 18.9 Å². The van der Waals surface area contributed by atoms with E-state index in [0.717, 1.165) is 11.3 Å². The van der Waals surface area contributed by atoms with Crippen molar-refractivity contribution in [3.63, 3.8) is 0 Å². The molecule has 2 rings (SSSR count). The lowest BCUT2D eigenvalue weighted by molar-refractivity contribution is -0.122. The van der Waals surface area contributed by atoms with E-state index >= 15 is 0 Å². The highest BCUT2D eigenvalue weighted by atomic mass is 35.5. The van der Waals surface area contributed by atoms with Crippen molar-refractivity contribution in [2.45, 2.75) is 17.7 Å². The Morgan fingerprint density at radius 3 is 2.59 bits per heavy atom.